The number of methoxy groups -OCH3 is 2. The first-order valence-corrected chi connectivity index (χ1v) is 7.81. The minimum atomic E-state index is -0.603. The molecule has 0 aliphatic heterocycles. The van der Waals surface area contributed by atoms with Gasteiger partial charge in [0.25, 0.3) is 0 Å². The minimum absolute atomic E-state index is 0.00320. The van der Waals surface area contributed by atoms with E-state index in [0.717, 1.165) is 22.6 Å². The van der Waals surface area contributed by atoms with Crippen LogP contribution in [0.15, 0.2) is 42.5 Å². The molecule has 0 radical (unpaired) electrons. The molecule has 5 heteroatoms. The van der Waals surface area contributed by atoms with E-state index in [1.54, 1.807) is 20.3 Å². The van der Waals surface area contributed by atoms with Crippen LogP contribution in [0.1, 0.15) is 30.2 Å². The molecule has 0 amide bonds. The highest BCUT2D eigenvalue weighted by molar-refractivity contribution is 6.30. The average Bonchev–Trinajstić information content (AvgIpc) is 2.59. The van der Waals surface area contributed by atoms with E-state index in [-0.39, 0.29) is 6.04 Å². The molecular formula is C18H22ClNO3. The molecule has 0 saturated carbocycles. The Balaban J connectivity index is 2.00. The van der Waals surface area contributed by atoms with Crippen molar-refractivity contribution in [3.63, 3.8) is 0 Å². The summed E-state index contributed by atoms with van der Waals surface area (Å²) in [5, 5.41) is 14.3. The number of ether oxygens (including phenoxy) is 2. The van der Waals surface area contributed by atoms with Crippen molar-refractivity contribution in [2.75, 3.05) is 20.8 Å². The maximum absolute atomic E-state index is 10.3. The van der Waals surface area contributed by atoms with Crippen LogP contribution in [-0.2, 0) is 0 Å². The van der Waals surface area contributed by atoms with Crippen LogP contribution >= 0.6 is 11.6 Å². The Morgan fingerprint density at radius 1 is 1.09 bits per heavy atom. The van der Waals surface area contributed by atoms with Crippen molar-refractivity contribution in [3.8, 4) is 11.5 Å². The molecule has 0 heterocycles. The summed E-state index contributed by atoms with van der Waals surface area (Å²) >= 11 is 6.06. The van der Waals surface area contributed by atoms with E-state index in [2.05, 4.69) is 5.32 Å². The Bertz CT molecular complexity index is 631. The Hall–Kier alpha value is -1.75. The molecule has 2 aromatic rings. The van der Waals surface area contributed by atoms with E-state index < -0.39 is 6.10 Å². The SMILES string of the molecule is COc1ccc(C(O)CNC(C)c2cc(Cl)ccc2OC)cc1. The average molecular weight is 336 g/mol. The van der Waals surface area contributed by atoms with Crippen LogP contribution in [0.4, 0.5) is 0 Å². The molecule has 0 aliphatic carbocycles. The van der Waals surface area contributed by atoms with Gasteiger partial charge in [-0.1, -0.05) is 23.7 Å². The fraction of sp³-hybridized carbons (Fsp3) is 0.333. The molecule has 23 heavy (non-hydrogen) atoms. The third-order valence-corrected chi connectivity index (χ3v) is 4.01. The molecular weight excluding hydrogens is 314 g/mol. The number of hydrogen-bond acceptors (Lipinski definition) is 4. The molecule has 2 N–H and O–H groups in total. The van der Waals surface area contributed by atoms with Crippen molar-refractivity contribution in [2.24, 2.45) is 0 Å². The van der Waals surface area contributed by atoms with Crippen LogP contribution in [0.5, 0.6) is 11.5 Å². The molecule has 0 spiro atoms. The van der Waals surface area contributed by atoms with Gasteiger partial charge >= 0.3 is 0 Å². The van der Waals surface area contributed by atoms with Gasteiger partial charge in [-0.05, 0) is 42.8 Å². The first kappa shape index (κ1) is 17.6. The number of halogens is 1. The van der Waals surface area contributed by atoms with Crippen LogP contribution in [0.2, 0.25) is 5.02 Å². The van der Waals surface area contributed by atoms with Gasteiger partial charge in [0.05, 0.1) is 20.3 Å². The van der Waals surface area contributed by atoms with Crippen LogP contribution in [0.3, 0.4) is 0 Å². The van der Waals surface area contributed by atoms with Gasteiger partial charge in [-0.2, -0.15) is 0 Å². The Labute approximate surface area is 142 Å². The van der Waals surface area contributed by atoms with E-state index in [9.17, 15) is 5.11 Å². The van der Waals surface area contributed by atoms with Crippen LogP contribution in [0, 0.1) is 0 Å². The topological polar surface area (TPSA) is 50.7 Å². The fourth-order valence-corrected chi connectivity index (χ4v) is 2.57. The summed E-state index contributed by atoms with van der Waals surface area (Å²) in [5.41, 5.74) is 1.80. The minimum Gasteiger partial charge on any atom is -0.497 e. The van der Waals surface area contributed by atoms with Crippen molar-refractivity contribution in [1.29, 1.82) is 0 Å². The van der Waals surface area contributed by atoms with Gasteiger partial charge in [-0.15, -0.1) is 0 Å². The number of rotatable bonds is 7. The molecule has 0 aromatic heterocycles. The normalized spacial score (nSPS) is 13.4. The number of nitrogens with one attached hydrogen (secondary N) is 1. The highest BCUT2D eigenvalue weighted by Gasteiger charge is 2.14. The highest BCUT2D eigenvalue weighted by Crippen LogP contribution is 2.28. The van der Waals surface area contributed by atoms with Gasteiger partial charge in [0, 0.05) is 23.2 Å². The summed E-state index contributed by atoms with van der Waals surface area (Å²) < 4.78 is 10.5. The first-order valence-electron chi connectivity index (χ1n) is 7.44. The number of aliphatic hydroxyl groups is 1. The predicted octanol–water partition coefficient (Wildman–Crippen LogP) is 3.74. The lowest BCUT2D eigenvalue weighted by Crippen LogP contribution is -2.25. The third-order valence-electron chi connectivity index (χ3n) is 3.78. The quantitative estimate of drug-likeness (QED) is 0.809. The van der Waals surface area contributed by atoms with Crippen molar-refractivity contribution < 1.29 is 14.6 Å². The molecule has 124 valence electrons. The van der Waals surface area contributed by atoms with Gasteiger partial charge in [-0.3, -0.25) is 0 Å². The number of hydrogen-bond donors (Lipinski definition) is 2. The molecule has 0 bridgehead atoms. The lowest BCUT2D eigenvalue weighted by Gasteiger charge is -2.20. The zero-order valence-electron chi connectivity index (χ0n) is 13.5. The smallest absolute Gasteiger partial charge is 0.123 e. The summed E-state index contributed by atoms with van der Waals surface area (Å²) in [7, 11) is 3.25. The molecule has 2 aromatic carbocycles. The van der Waals surface area contributed by atoms with Crippen LogP contribution in [0.25, 0.3) is 0 Å². The van der Waals surface area contributed by atoms with Gasteiger partial charge in [0.1, 0.15) is 11.5 Å². The molecule has 4 nitrogen and oxygen atoms in total. The molecule has 2 atom stereocenters. The highest BCUT2D eigenvalue weighted by atomic mass is 35.5. The van der Waals surface area contributed by atoms with Crippen molar-refractivity contribution in [3.05, 3.63) is 58.6 Å². The maximum Gasteiger partial charge on any atom is 0.123 e. The molecule has 2 unspecified atom stereocenters. The lowest BCUT2D eigenvalue weighted by molar-refractivity contribution is 0.170. The van der Waals surface area contributed by atoms with E-state index in [0.29, 0.717) is 11.6 Å². The summed E-state index contributed by atoms with van der Waals surface area (Å²) in [6.45, 7) is 2.43. The second-order valence-electron chi connectivity index (χ2n) is 5.31. The van der Waals surface area contributed by atoms with Gasteiger partial charge in [0.15, 0.2) is 0 Å². The van der Waals surface area contributed by atoms with E-state index >= 15 is 0 Å². The van der Waals surface area contributed by atoms with Crippen molar-refractivity contribution >= 4 is 11.6 Å². The molecule has 2 rings (SSSR count). The molecule has 0 aliphatic rings. The fourth-order valence-electron chi connectivity index (χ4n) is 2.39. The van der Waals surface area contributed by atoms with E-state index in [1.807, 2.05) is 43.3 Å². The zero-order chi connectivity index (χ0) is 16.8. The van der Waals surface area contributed by atoms with E-state index in [4.69, 9.17) is 21.1 Å². The second kappa shape index (κ2) is 8.20. The Kier molecular flexibility index (Phi) is 6.28. The monoisotopic (exact) mass is 335 g/mol. The number of aliphatic hydroxyl groups excluding tert-OH is 1. The van der Waals surface area contributed by atoms with E-state index in [1.165, 1.54) is 0 Å². The van der Waals surface area contributed by atoms with Gasteiger partial charge < -0.3 is 19.9 Å². The Morgan fingerprint density at radius 2 is 1.78 bits per heavy atom. The third kappa shape index (κ3) is 4.61. The predicted molar refractivity (Wildman–Crippen MR) is 92.4 cm³/mol. The number of benzene rings is 2. The van der Waals surface area contributed by atoms with Crippen molar-refractivity contribution in [1.82, 2.24) is 5.32 Å². The van der Waals surface area contributed by atoms with Crippen molar-refractivity contribution in [2.45, 2.75) is 19.1 Å². The molecule has 0 fully saturated rings. The first-order chi connectivity index (χ1) is 11.0. The summed E-state index contributed by atoms with van der Waals surface area (Å²) in [5.74, 6) is 1.54. The van der Waals surface area contributed by atoms with Crippen LogP contribution < -0.4 is 14.8 Å². The lowest BCUT2D eigenvalue weighted by atomic mass is 10.1. The summed E-state index contributed by atoms with van der Waals surface area (Å²) in [6, 6.07) is 12.9. The standard InChI is InChI=1S/C18H22ClNO3/c1-12(16-10-14(19)6-9-18(16)23-3)20-11-17(21)13-4-7-15(22-2)8-5-13/h4-10,12,17,20-21H,11H2,1-3H3. The Morgan fingerprint density at radius 3 is 2.39 bits per heavy atom. The van der Waals surface area contributed by atoms with Gasteiger partial charge in [-0.25, -0.2) is 0 Å². The molecule has 0 saturated heterocycles. The summed E-state index contributed by atoms with van der Waals surface area (Å²) in [4.78, 5) is 0. The zero-order valence-corrected chi connectivity index (χ0v) is 14.3. The maximum atomic E-state index is 10.3. The van der Waals surface area contributed by atoms with Crippen LogP contribution in [-0.4, -0.2) is 25.9 Å². The largest absolute Gasteiger partial charge is 0.497 e. The second-order valence-corrected chi connectivity index (χ2v) is 5.74. The van der Waals surface area contributed by atoms with Gasteiger partial charge in [0.2, 0.25) is 0 Å². The summed E-state index contributed by atoms with van der Waals surface area (Å²) in [6.07, 6.45) is -0.603.